The van der Waals surface area contributed by atoms with Crippen LogP contribution in [0, 0.1) is 5.41 Å². The van der Waals surface area contributed by atoms with E-state index in [1.807, 2.05) is 0 Å². The number of carbonyl (C=O) groups excluding carboxylic acids is 1. The number of carbonyl (C=O) groups is 1. The Morgan fingerprint density at radius 2 is 1.50 bits per heavy atom. The minimum absolute atomic E-state index is 0.229. The second kappa shape index (κ2) is 9.48. The van der Waals surface area contributed by atoms with Crippen molar-refractivity contribution in [3.8, 4) is 11.1 Å². The summed E-state index contributed by atoms with van der Waals surface area (Å²) in [6.07, 6.45) is 0.948. The average molecular weight is 380 g/mol. The smallest absolute Gasteiger partial charge is 0.226 e. The first kappa shape index (κ1) is 20.0. The van der Waals surface area contributed by atoms with Crippen LogP contribution >= 0.6 is 0 Å². The fourth-order valence-corrected chi connectivity index (χ4v) is 3.40. The molecule has 6 nitrogen and oxygen atoms in total. The lowest BCUT2D eigenvalue weighted by Gasteiger charge is -2.32. The zero-order valence-corrected chi connectivity index (χ0v) is 16.4. The molecule has 28 heavy (non-hydrogen) atoms. The lowest BCUT2D eigenvalue weighted by Crippen LogP contribution is -2.43. The SMILES string of the molecule is CN1CCN(Cc2ccc(-c3ccc(CCC(=O)NC(=N)N)cc3)cc2)CC1. The van der Waals surface area contributed by atoms with Crippen molar-refractivity contribution in [1.82, 2.24) is 15.1 Å². The Morgan fingerprint density at radius 3 is 2.04 bits per heavy atom. The van der Waals surface area contributed by atoms with Crippen molar-refractivity contribution >= 4 is 11.9 Å². The lowest BCUT2D eigenvalue weighted by molar-refractivity contribution is -0.119. The van der Waals surface area contributed by atoms with Crippen molar-refractivity contribution < 1.29 is 4.79 Å². The molecule has 1 aliphatic heterocycles. The molecular weight excluding hydrogens is 350 g/mol. The number of hydrogen-bond donors (Lipinski definition) is 3. The van der Waals surface area contributed by atoms with Gasteiger partial charge >= 0.3 is 0 Å². The monoisotopic (exact) mass is 379 g/mol. The molecule has 148 valence electrons. The summed E-state index contributed by atoms with van der Waals surface area (Å²) in [7, 11) is 2.18. The summed E-state index contributed by atoms with van der Waals surface area (Å²) in [6.45, 7) is 5.55. The van der Waals surface area contributed by atoms with Crippen LogP contribution in [-0.2, 0) is 17.8 Å². The van der Waals surface area contributed by atoms with Gasteiger partial charge in [-0.1, -0.05) is 48.5 Å². The number of likely N-dealkylation sites (N-methyl/N-ethyl adjacent to an activating group) is 1. The van der Waals surface area contributed by atoms with Gasteiger partial charge in [0.05, 0.1) is 0 Å². The van der Waals surface area contributed by atoms with Gasteiger partial charge in [-0.15, -0.1) is 0 Å². The maximum Gasteiger partial charge on any atom is 0.226 e. The first-order valence-electron chi connectivity index (χ1n) is 9.72. The van der Waals surface area contributed by atoms with E-state index in [-0.39, 0.29) is 11.9 Å². The molecule has 4 N–H and O–H groups in total. The highest BCUT2D eigenvalue weighted by Gasteiger charge is 2.13. The largest absolute Gasteiger partial charge is 0.370 e. The summed E-state index contributed by atoms with van der Waals surface area (Å²) in [5.41, 5.74) is 9.97. The van der Waals surface area contributed by atoms with E-state index in [1.165, 1.54) is 16.7 Å². The number of nitrogens with zero attached hydrogens (tertiary/aromatic N) is 2. The summed E-state index contributed by atoms with van der Waals surface area (Å²) in [5.74, 6) is -0.538. The first-order chi connectivity index (χ1) is 13.5. The number of rotatable bonds is 6. The van der Waals surface area contributed by atoms with Gasteiger partial charge in [-0.3, -0.25) is 20.4 Å². The summed E-state index contributed by atoms with van der Waals surface area (Å²) in [4.78, 5) is 16.4. The molecule has 0 aromatic heterocycles. The molecule has 2 aromatic rings. The Bertz CT molecular complexity index is 793. The van der Waals surface area contributed by atoms with E-state index < -0.39 is 0 Å². The molecule has 1 saturated heterocycles. The fraction of sp³-hybridized carbons (Fsp3) is 0.364. The summed E-state index contributed by atoms with van der Waals surface area (Å²) in [5, 5.41) is 9.37. The minimum atomic E-state index is -0.309. The van der Waals surface area contributed by atoms with Gasteiger partial charge < -0.3 is 10.6 Å². The van der Waals surface area contributed by atoms with Crippen LogP contribution in [0.3, 0.4) is 0 Å². The molecule has 6 heteroatoms. The summed E-state index contributed by atoms with van der Waals surface area (Å²) < 4.78 is 0. The molecule has 1 aliphatic rings. The van der Waals surface area contributed by atoms with Crippen molar-refractivity contribution in [2.75, 3.05) is 33.2 Å². The molecule has 0 aliphatic carbocycles. The molecule has 3 rings (SSSR count). The molecule has 1 heterocycles. The highest BCUT2D eigenvalue weighted by atomic mass is 16.1. The average Bonchev–Trinajstić information content (AvgIpc) is 2.69. The quantitative estimate of drug-likeness (QED) is 0.530. The van der Waals surface area contributed by atoms with Crippen LogP contribution in [0.25, 0.3) is 11.1 Å². The highest BCUT2D eigenvalue weighted by molar-refractivity contribution is 5.94. The molecule has 1 fully saturated rings. The molecule has 0 spiro atoms. The molecule has 1 amide bonds. The van der Waals surface area contributed by atoms with Gasteiger partial charge in [0.1, 0.15) is 0 Å². The normalized spacial score (nSPS) is 15.3. The Kier molecular flexibility index (Phi) is 6.79. The Labute approximate surface area is 166 Å². The predicted molar refractivity (Wildman–Crippen MR) is 113 cm³/mol. The number of amides is 1. The topological polar surface area (TPSA) is 85.5 Å². The van der Waals surface area contributed by atoms with Crippen LogP contribution in [0.5, 0.6) is 0 Å². The van der Waals surface area contributed by atoms with E-state index in [1.54, 1.807) is 0 Å². The number of benzene rings is 2. The predicted octanol–water partition coefficient (Wildman–Crippen LogP) is 2.04. The third-order valence-electron chi connectivity index (χ3n) is 5.16. The minimum Gasteiger partial charge on any atom is -0.370 e. The Morgan fingerprint density at radius 1 is 0.964 bits per heavy atom. The Hall–Kier alpha value is -2.70. The maximum atomic E-state index is 11.6. The number of piperazine rings is 1. The van der Waals surface area contributed by atoms with Crippen molar-refractivity contribution in [3.63, 3.8) is 0 Å². The zero-order valence-electron chi connectivity index (χ0n) is 16.4. The second-order valence-electron chi connectivity index (χ2n) is 7.44. The fourth-order valence-electron chi connectivity index (χ4n) is 3.40. The van der Waals surface area contributed by atoms with Gasteiger partial charge in [0.15, 0.2) is 5.96 Å². The summed E-state index contributed by atoms with van der Waals surface area (Å²) >= 11 is 0. The van der Waals surface area contributed by atoms with E-state index >= 15 is 0 Å². The van der Waals surface area contributed by atoms with Gasteiger partial charge in [0, 0.05) is 39.1 Å². The molecular formula is C22H29N5O. The van der Waals surface area contributed by atoms with Crippen LogP contribution in [0.1, 0.15) is 17.5 Å². The van der Waals surface area contributed by atoms with Crippen LogP contribution in [-0.4, -0.2) is 54.9 Å². The van der Waals surface area contributed by atoms with Gasteiger partial charge in [0.25, 0.3) is 0 Å². The number of aryl methyl sites for hydroxylation is 1. The van der Waals surface area contributed by atoms with Crippen molar-refractivity contribution in [2.24, 2.45) is 5.73 Å². The van der Waals surface area contributed by atoms with Crippen LogP contribution < -0.4 is 11.1 Å². The highest BCUT2D eigenvalue weighted by Crippen LogP contribution is 2.21. The lowest BCUT2D eigenvalue weighted by atomic mass is 10.0. The third kappa shape index (κ3) is 5.90. The maximum absolute atomic E-state index is 11.6. The van der Waals surface area contributed by atoms with Crippen molar-refractivity contribution in [2.45, 2.75) is 19.4 Å². The molecule has 0 radical (unpaired) electrons. The third-order valence-corrected chi connectivity index (χ3v) is 5.16. The molecule has 0 saturated carbocycles. The zero-order chi connectivity index (χ0) is 19.9. The standard InChI is InChI=1S/C22H29N5O/c1-26-12-14-27(15-13-26)16-18-4-9-20(10-5-18)19-7-2-17(3-8-19)6-11-21(28)25-22(23)24/h2-5,7-10H,6,11-16H2,1H3,(H4,23,24,25,28). The molecule has 0 unspecified atom stereocenters. The van der Waals surface area contributed by atoms with E-state index in [9.17, 15) is 4.79 Å². The van der Waals surface area contributed by atoms with Gasteiger partial charge in [-0.05, 0) is 35.7 Å². The van der Waals surface area contributed by atoms with E-state index in [0.29, 0.717) is 12.8 Å². The second-order valence-corrected chi connectivity index (χ2v) is 7.44. The van der Waals surface area contributed by atoms with Crippen molar-refractivity contribution in [3.05, 3.63) is 59.7 Å². The van der Waals surface area contributed by atoms with Crippen LogP contribution in [0.15, 0.2) is 48.5 Å². The molecule has 0 atom stereocenters. The van der Waals surface area contributed by atoms with Crippen LogP contribution in [0.4, 0.5) is 0 Å². The van der Waals surface area contributed by atoms with E-state index in [4.69, 9.17) is 11.1 Å². The van der Waals surface area contributed by atoms with E-state index in [0.717, 1.165) is 38.3 Å². The number of guanidine groups is 1. The first-order valence-corrected chi connectivity index (χ1v) is 9.72. The Balaban J connectivity index is 1.53. The number of nitrogens with two attached hydrogens (primary N) is 1. The van der Waals surface area contributed by atoms with Gasteiger partial charge in [0.2, 0.25) is 5.91 Å². The molecule has 0 bridgehead atoms. The number of nitrogens with one attached hydrogen (secondary N) is 2. The van der Waals surface area contributed by atoms with Crippen LogP contribution in [0.2, 0.25) is 0 Å². The number of hydrogen-bond acceptors (Lipinski definition) is 4. The summed E-state index contributed by atoms with van der Waals surface area (Å²) in [6, 6.07) is 17.1. The molecule has 2 aromatic carbocycles. The van der Waals surface area contributed by atoms with E-state index in [2.05, 4.69) is 70.7 Å². The van der Waals surface area contributed by atoms with Crippen molar-refractivity contribution in [1.29, 1.82) is 5.41 Å². The van der Waals surface area contributed by atoms with Gasteiger partial charge in [-0.25, -0.2) is 0 Å². The van der Waals surface area contributed by atoms with Gasteiger partial charge in [-0.2, -0.15) is 0 Å².